The molecular weight excluding hydrogens is 382 g/mol. The van der Waals surface area contributed by atoms with Crippen LogP contribution in [0.1, 0.15) is 37.2 Å². The molecule has 1 aromatic heterocycles. The maximum Gasteiger partial charge on any atom is 0.322 e. The van der Waals surface area contributed by atoms with Gasteiger partial charge in [-0.15, -0.1) is 0 Å². The standard InChI is InChI=1S/C22H25N5O3/c1-22(2,30)20(28)26-11-7-16(8-12-26)15-3-5-17(6-4-15)25-21(29)27-13-18-19(14-27)24-10-9-23-18/h3-7,9-10,30H,8,11-14H2,1-2H3,(H,25,29). The van der Waals surface area contributed by atoms with Crippen molar-refractivity contribution in [3.8, 4) is 0 Å². The highest BCUT2D eigenvalue weighted by atomic mass is 16.3. The van der Waals surface area contributed by atoms with E-state index in [2.05, 4.69) is 15.3 Å². The zero-order valence-electron chi connectivity index (χ0n) is 17.1. The van der Waals surface area contributed by atoms with E-state index in [1.54, 1.807) is 22.2 Å². The normalized spacial score (nSPS) is 16.2. The lowest BCUT2D eigenvalue weighted by Crippen LogP contribution is -2.46. The van der Waals surface area contributed by atoms with Gasteiger partial charge in [-0.25, -0.2) is 4.79 Å². The molecule has 0 atom stereocenters. The smallest absolute Gasteiger partial charge is 0.322 e. The number of carbonyl (C=O) groups is 2. The molecule has 2 aliphatic heterocycles. The molecule has 2 N–H and O–H groups in total. The van der Waals surface area contributed by atoms with Crippen molar-refractivity contribution in [2.45, 2.75) is 39.0 Å². The monoisotopic (exact) mass is 407 g/mol. The SMILES string of the molecule is CC(C)(O)C(=O)N1CC=C(c2ccc(NC(=O)N3Cc4nccnc4C3)cc2)CC1. The zero-order chi connectivity index (χ0) is 21.3. The molecule has 8 nitrogen and oxygen atoms in total. The number of rotatable bonds is 3. The second-order valence-corrected chi connectivity index (χ2v) is 8.10. The molecule has 2 aliphatic rings. The van der Waals surface area contributed by atoms with E-state index < -0.39 is 5.60 Å². The van der Waals surface area contributed by atoms with Crippen LogP contribution < -0.4 is 5.32 Å². The lowest BCUT2D eigenvalue weighted by Gasteiger charge is -2.31. The van der Waals surface area contributed by atoms with Crippen molar-refractivity contribution in [1.82, 2.24) is 19.8 Å². The summed E-state index contributed by atoms with van der Waals surface area (Å²) in [5.74, 6) is -0.259. The molecule has 0 radical (unpaired) electrons. The Morgan fingerprint density at radius 3 is 2.20 bits per heavy atom. The molecule has 8 heteroatoms. The molecule has 0 spiro atoms. The average molecular weight is 407 g/mol. The summed E-state index contributed by atoms with van der Waals surface area (Å²) >= 11 is 0. The first-order valence-electron chi connectivity index (χ1n) is 9.97. The molecule has 4 rings (SSSR count). The predicted octanol–water partition coefficient (Wildman–Crippen LogP) is 2.41. The summed E-state index contributed by atoms with van der Waals surface area (Å²) in [5.41, 5.74) is 3.25. The molecule has 0 saturated heterocycles. The largest absolute Gasteiger partial charge is 0.381 e. The van der Waals surface area contributed by atoms with Crippen LogP contribution in [0.5, 0.6) is 0 Å². The molecule has 0 aliphatic carbocycles. The lowest BCUT2D eigenvalue weighted by molar-refractivity contribution is -0.147. The first kappa shape index (κ1) is 20.0. The molecule has 2 aromatic rings. The molecule has 0 unspecified atom stereocenters. The number of amides is 3. The van der Waals surface area contributed by atoms with Gasteiger partial charge >= 0.3 is 6.03 Å². The Morgan fingerprint density at radius 2 is 1.67 bits per heavy atom. The van der Waals surface area contributed by atoms with Crippen LogP contribution in [0.2, 0.25) is 0 Å². The Kier molecular flexibility index (Phi) is 5.26. The van der Waals surface area contributed by atoms with Crippen molar-refractivity contribution in [3.63, 3.8) is 0 Å². The number of anilines is 1. The summed E-state index contributed by atoms with van der Waals surface area (Å²) in [4.78, 5) is 36.6. The summed E-state index contributed by atoms with van der Waals surface area (Å²) in [5, 5.41) is 12.8. The summed E-state index contributed by atoms with van der Waals surface area (Å²) in [6.45, 7) is 4.99. The van der Waals surface area contributed by atoms with Crippen LogP contribution in [0.4, 0.5) is 10.5 Å². The lowest BCUT2D eigenvalue weighted by atomic mass is 9.98. The van der Waals surface area contributed by atoms with E-state index in [1.165, 1.54) is 13.8 Å². The number of hydrogen-bond acceptors (Lipinski definition) is 5. The summed E-state index contributed by atoms with van der Waals surface area (Å²) in [6, 6.07) is 7.51. The number of benzene rings is 1. The van der Waals surface area contributed by atoms with Crippen molar-refractivity contribution >= 4 is 23.2 Å². The second-order valence-electron chi connectivity index (χ2n) is 8.10. The third-order valence-electron chi connectivity index (χ3n) is 5.36. The van der Waals surface area contributed by atoms with E-state index in [0.29, 0.717) is 26.2 Å². The Bertz CT molecular complexity index is 970. The number of aliphatic hydroxyl groups is 1. The van der Waals surface area contributed by atoms with Crippen LogP contribution in [0, 0.1) is 0 Å². The number of fused-ring (bicyclic) bond motifs is 1. The molecule has 0 bridgehead atoms. The number of nitrogens with zero attached hydrogens (tertiary/aromatic N) is 4. The molecule has 3 amide bonds. The van der Waals surface area contributed by atoms with E-state index >= 15 is 0 Å². The maximum absolute atomic E-state index is 12.5. The van der Waals surface area contributed by atoms with Gasteiger partial charge in [-0.1, -0.05) is 18.2 Å². The van der Waals surface area contributed by atoms with Gasteiger partial charge in [0.25, 0.3) is 5.91 Å². The molecule has 3 heterocycles. The van der Waals surface area contributed by atoms with Gasteiger partial charge < -0.3 is 20.2 Å². The van der Waals surface area contributed by atoms with Gasteiger partial charge in [0.05, 0.1) is 24.5 Å². The van der Waals surface area contributed by atoms with Crippen LogP contribution in [-0.2, 0) is 17.9 Å². The third kappa shape index (κ3) is 4.18. The summed E-state index contributed by atoms with van der Waals surface area (Å²) in [6.07, 6.45) is 6.01. The number of nitrogens with one attached hydrogen (secondary N) is 1. The Hall–Kier alpha value is -3.26. The maximum atomic E-state index is 12.5. The highest BCUT2D eigenvalue weighted by Gasteiger charge is 2.30. The van der Waals surface area contributed by atoms with E-state index in [4.69, 9.17) is 0 Å². The highest BCUT2D eigenvalue weighted by Crippen LogP contribution is 2.25. The molecular formula is C22H25N5O3. The quantitative estimate of drug-likeness (QED) is 0.814. The molecule has 0 saturated carbocycles. The second kappa shape index (κ2) is 7.87. The van der Waals surface area contributed by atoms with E-state index in [9.17, 15) is 14.7 Å². The zero-order valence-corrected chi connectivity index (χ0v) is 17.1. The molecule has 30 heavy (non-hydrogen) atoms. The van der Waals surface area contributed by atoms with Gasteiger partial charge in [0.15, 0.2) is 0 Å². The number of hydrogen-bond donors (Lipinski definition) is 2. The first-order valence-corrected chi connectivity index (χ1v) is 9.97. The minimum Gasteiger partial charge on any atom is -0.381 e. The van der Waals surface area contributed by atoms with Gasteiger partial charge in [0.2, 0.25) is 0 Å². The average Bonchev–Trinajstić information content (AvgIpc) is 3.18. The van der Waals surface area contributed by atoms with Gasteiger partial charge in [-0.2, -0.15) is 0 Å². The summed E-state index contributed by atoms with van der Waals surface area (Å²) < 4.78 is 0. The highest BCUT2D eigenvalue weighted by molar-refractivity contribution is 5.90. The minimum absolute atomic E-state index is 0.180. The molecule has 0 fully saturated rings. The molecule has 156 valence electrons. The van der Waals surface area contributed by atoms with Crippen LogP contribution in [0.15, 0.2) is 42.7 Å². The fraction of sp³-hybridized carbons (Fsp3) is 0.364. The van der Waals surface area contributed by atoms with Crippen molar-refractivity contribution in [1.29, 1.82) is 0 Å². The van der Waals surface area contributed by atoms with Crippen LogP contribution in [0.25, 0.3) is 5.57 Å². The first-order chi connectivity index (χ1) is 14.3. The van der Waals surface area contributed by atoms with Gasteiger partial charge in [0.1, 0.15) is 5.60 Å². The number of aromatic nitrogens is 2. The van der Waals surface area contributed by atoms with Crippen molar-refractivity contribution in [3.05, 3.63) is 59.7 Å². The van der Waals surface area contributed by atoms with Gasteiger partial charge in [-0.3, -0.25) is 14.8 Å². The van der Waals surface area contributed by atoms with Crippen molar-refractivity contribution in [2.24, 2.45) is 0 Å². The topological polar surface area (TPSA) is 98.7 Å². The van der Waals surface area contributed by atoms with Crippen LogP contribution in [-0.4, -0.2) is 55.5 Å². The Labute approximate surface area is 175 Å². The Morgan fingerprint density at radius 1 is 1.03 bits per heavy atom. The summed E-state index contributed by atoms with van der Waals surface area (Å²) in [7, 11) is 0. The van der Waals surface area contributed by atoms with E-state index in [-0.39, 0.29) is 11.9 Å². The van der Waals surface area contributed by atoms with E-state index in [1.807, 2.05) is 30.3 Å². The number of carbonyl (C=O) groups excluding carboxylic acids is 2. The predicted molar refractivity (Wildman–Crippen MR) is 112 cm³/mol. The third-order valence-corrected chi connectivity index (χ3v) is 5.36. The Balaban J connectivity index is 1.35. The van der Waals surface area contributed by atoms with Crippen molar-refractivity contribution in [2.75, 3.05) is 18.4 Å². The van der Waals surface area contributed by atoms with E-state index in [0.717, 1.165) is 34.6 Å². The van der Waals surface area contributed by atoms with Crippen LogP contribution >= 0.6 is 0 Å². The van der Waals surface area contributed by atoms with Crippen LogP contribution in [0.3, 0.4) is 0 Å². The van der Waals surface area contributed by atoms with Gasteiger partial charge in [0, 0.05) is 31.2 Å². The molecule has 1 aromatic carbocycles. The fourth-order valence-corrected chi connectivity index (χ4v) is 3.69. The minimum atomic E-state index is -1.35. The number of urea groups is 1. The fourth-order valence-electron chi connectivity index (χ4n) is 3.69. The van der Waals surface area contributed by atoms with Gasteiger partial charge in [-0.05, 0) is 43.5 Å². The van der Waals surface area contributed by atoms with Crippen molar-refractivity contribution < 1.29 is 14.7 Å².